The summed E-state index contributed by atoms with van der Waals surface area (Å²) in [4.78, 5) is 14.6. The molecule has 2 aliphatic heterocycles. The number of hydrogen-bond acceptors (Lipinski definition) is 2. The second kappa shape index (κ2) is 5.82. The van der Waals surface area contributed by atoms with E-state index >= 15 is 0 Å². The van der Waals surface area contributed by atoms with E-state index in [1.165, 1.54) is 57.8 Å². The highest BCUT2D eigenvalue weighted by Gasteiger charge is 2.37. The summed E-state index contributed by atoms with van der Waals surface area (Å²) in [7, 11) is 0. The van der Waals surface area contributed by atoms with E-state index in [4.69, 9.17) is 0 Å². The Hall–Kier alpha value is -0.570. The van der Waals surface area contributed by atoms with E-state index in [-0.39, 0.29) is 6.04 Å². The Balaban J connectivity index is 1.52. The molecule has 0 bridgehead atoms. The predicted molar refractivity (Wildman–Crippen MR) is 77.0 cm³/mol. The van der Waals surface area contributed by atoms with Gasteiger partial charge in [0.05, 0.1) is 6.04 Å². The fourth-order valence-corrected chi connectivity index (χ4v) is 4.29. The van der Waals surface area contributed by atoms with E-state index in [1.807, 2.05) is 0 Å². The summed E-state index contributed by atoms with van der Waals surface area (Å²) in [5, 5.41) is 3.40. The van der Waals surface area contributed by atoms with Gasteiger partial charge in [-0.15, -0.1) is 0 Å². The summed E-state index contributed by atoms with van der Waals surface area (Å²) in [5.41, 5.74) is 0.606. The van der Waals surface area contributed by atoms with Crippen molar-refractivity contribution in [2.45, 2.75) is 70.3 Å². The number of hydrogen-bond donors (Lipinski definition) is 1. The number of carbonyl (C=O) groups is 1. The molecule has 2 heterocycles. The summed E-state index contributed by atoms with van der Waals surface area (Å²) in [6, 6.07) is 0.120. The van der Waals surface area contributed by atoms with Crippen LogP contribution in [0.1, 0.15) is 64.2 Å². The SMILES string of the molecule is O=C(C1CCCCN1)N1CCC2(CCCCC2)CC1. The maximum Gasteiger partial charge on any atom is 0.239 e. The summed E-state index contributed by atoms with van der Waals surface area (Å²) in [6.45, 7) is 3.04. The van der Waals surface area contributed by atoms with Crippen LogP contribution in [-0.2, 0) is 4.79 Å². The molecule has 3 heteroatoms. The van der Waals surface area contributed by atoms with Crippen molar-refractivity contribution in [1.29, 1.82) is 0 Å². The molecular weight excluding hydrogens is 236 g/mol. The molecular formula is C16H28N2O. The average Bonchev–Trinajstić information content (AvgIpc) is 2.49. The topological polar surface area (TPSA) is 32.3 Å². The van der Waals surface area contributed by atoms with Crippen LogP contribution < -0.4 is 5.32 Å². The largest absolute Gasteiger partial charge is 0.341 e. The number of likely N-dealkylation sites (tertiary alicyclic amines) is 1. The Labute approximate surface area is 117 Å². The van der Waals surface area contributed by atoms with Crippen molar-refractivity contribution in [2.24, 2.45) is 5.41 Å². The Morgan fingerprint density at radius 2 is 1.68 bits per heavy atom. The second-order valence-corrected chi connectivity index (χ2v) is 6.89. The van der Waals surface area contributed by atoms with Gasteiger partial charge in [0, 0.05) is 13.1 Å². The number of carbonyl (C=O) groups excluding carboxylic acids is 1. The van der Waals surface area contributed by atoms with Gasteiger partial charge in [0.2, 0.25) is 5.91 Å². The lowest BCUT2D eigenvalue weighted by Gasteiger charge is -2.45. The predicted octanol–water partition coefficient (Wildman–Crippen LogP) is 2.70. The molecule has 2 saturated heterocycles. The lowest BCUT2D eigenvalue weighted by molar-refractivity contribution is -0.136. The number of amides is 1. The molecule has 3 fully saturated rings. The van der Waals surface area contributed by atoms with Gasteiger partial charge in [-0.25, -0.2) is 0 Å². The van der Waals surface area contributed by atoms with Crippen LogP contribution in [0, 0.1) is 5.41 Å². The van der Waals surface area contributed by atoms with Gasteiger partial charge in [-0.05, 0) is 50.5 Å². The van der Waals surface area contributed by atoms with Gasteiger partial charge in [0.25, 0.3) is 0 Å². The van der Waals surface area contributed by atoms with E-state index in [2.05, 4.69) is 10.2 Å². The zero-order valence-corrected chi connectivity index (χ0v) is 12.1. The van der Waals surface area contributed by atoms with Gasteiger partial charge < -0.3 is 10.2 Å². The molecule has 3 rings (SSSR count). The van der Waals surface area contributed by atoms with E-state index in [1.54, 1.807) is 0 Å². The smallest absolute Gasteiger partial charge is 0.239 e. The zero-order chi connectivity index (χ0) is 13.1. The highest BCUT2D eigenvalue weighted by atomic mass is 16.2. The molecule has 108 valence electrons. The molecule has 1 saturated carbocycles. The third kappa shape index (κ3) is 2.96. The Morgan fingerprint density at radius 1 is 0.947 bits per heavy atom. The van der Waals surface area contributed by atoms with Gasteiger partial charge in [0.15, 0.2) is 0 Å². The molecule has 3 nitrogen and oxygen atoms in total. The highest BCUT2D eigenvalue weighted by Crippen LogP contribution is 2.44. The van der Waals surface area contributed by atoms with Crippen molar-refractivity contribution in [3.8, 4) is 0 Å². The number of rotatable bonds is 1. The van der Waals surface area contributed by atoms with Gasteiger partial charge >= 0.3 is 0 Å². The number of piperidine rings is 2. The molecule has 1 unspecified atom stereocenters. The molecule has 19 heavy (non-hydrogen) atoms. The van der Waals surface area contributed by atoms with Crippen LogP contribution in [-0.4, -0.2) is 36.5 Å². The minimum absolute atomic E-state index is 0.120. The molecule has 0 radical (unpaired) electrons. The monoisotopic (exact) mass is 264 g/mol. The molecule has 3 aliphatic rings. The Kier molecular flexibility index (Phi) is 4.11. The van der Waals surface area contributed by atoms with Crippen molar-refractivity contribution in [3.05, 3.63) is 0 Å². The highest BCUT2D eigenvalue weighted by molar-refractivity contribution is 5.82. The van der Waals surface area contributed by atoms with E-state index in [9.17, 15) is 4.79 Å². The van der Waals surface area contributed by atoms with Crippen LogP contribution in [0.3, 0.4) is 0 Å². The van der Waals surface area contributed by atoms with Gasteiger partial charge in [0.1, 0.15) is 0 Å². The number of nitrogens with one attached hydrogen (secondary N) is 1. The normalized spacial score (nSPS) is 31.4. The zero-order valence-electron chi connectivity index (χ0n) is 12.1. The van der Waals surface area contributed by atoms with Gasteiger partial charge in [-0.3, -0.25) is 4.79 Å². The minimum Gasteiger partial charge on any atom is -0.341 e. The summed E-state index contributed by atoms with van der Waals surface area (Å²) in [6.07, 6.45) is 13.1. The molecule has 1 spiro atoms. The molecule has 1 amide bonds. The van der Waals surface area contributed by atoms with Crippen LogP contribution >= 0.6 is 0 Å². The lowest BCUT2D eigenvalue weighted by Crippen LogP contribution is -2.52. The third-order valence-corrected chi connectivity index (χ3v) is 5.66. The average molecular weight is 264 g/mol. The number of nitrogens with zero attached hydrogens (tertiary/aromatic N) is 1. The van der Waals surface area contributed by atoms with Crippen LogP contribution in [0.2, 0.25) is 0 Å². The van der Waals surface area contributed by atoms with Gasteiger partial charge in [-0.2, -0.15) is 0 Å². The maximum absolute atomic E-state index is 12.5. The first-order chi connectivity index (χ1) is 9.29. The van der Waals surface area contributed by atoms with Crippen LogP contribution in [0.25, 0.3) is 0 Å². The molecule has 0 aromatic heterocycles. The first-order valence-corrected chi connectivity index (χ1v) is 8.31. The van der Waals surface area contributed by atoms with Crippen LogP contribution in [0.5, 0.6) is 0 Å². The first-order valence-electron chi connectivity index (χ1n) is 8.31. The fraction of sp³-hybridized carbons (Fsp3) is 0.938. The summed E-state index contributed by atoms with van der Waals surface area (Å²) >= 11 is 0. The minimum atomic E-state index is 0.120. The third-order valence-electron chi connectivity index (χ3n) is 5.66. The van der Waals surface area contributed by atoms with Crippen LogP contribution in [0.4, 0.5) is 0 Å². The quantitative estimate of drug-likeness (QED) is 0.790. The molecule has 0 aromatic rings. The van der Waals surface area contributed by atoms with E-state index in [0.29, 0.717) is 11.3 Å². The fourth-order valence-electron chi connectivity index (χ4n) is 4.29. The standard InChI is InChI=1S/C16H28N2O/c19-15(14-6-2-5-11-17-14)18-12-9-16(10-13-18)7-3-1-4-8-16/h14,17H,1-13H2. The van der Waals surface area contributed by atoms with Crippen molar-refractivity contribution in [1.82, 2.24) is 10.2 Å². The van der Waals surface area contributed by atoms with E-state index in [0.717, 1.165) is 26.1 Å². The van der Waals surface area contributed by atoms with Crippen molar-refractivity contribution in [2.75, 3.05) is 19.6 Å². The molecule has 1 atom stereocenters. The summed E-state index contributed by atoms with van der Waals surface area (Å²) in [5.74, 6) is 0.380. The molecule has 0 aromatic carbocycles. The van der Waals surface area contributed by atoms with Crippen LogP contribution in [0.15, 0.2) is 0 Å². The lowest BCUT2D eigenvalue weighted by atomic mass is 9.68. The van der Waals surface area contributed by atoms with Crippen molar-refractivity contribution in [3.63, 3.8) is 0 Å². The van der Waals surface area contributed by atoms with Crippen molar-refractivity contribution < 1.29 is 4.79 Å². The van der Waals surface area contributed by atoms with Crippen molar-refractivity contribution >= 4 is 5.91 Å². The first kappa shape index (κ1) is 13.4. The van der Waals surface area contributed by atoms with Gasteiger partial charge in [-0.1, -0.05) is 25.7 Å². The molecule has 1 aliphatic carbocycles. The molecule has 1 N–H and O–H groups in total. The second-order valence-electron chi connectivity index (χ2n) is 6.89. The Bertz CT molecular complexity index is 307. The Morgan fingerprint density at radius 3 is 2.32 bits per heavy atom. The van der Waals surface area contributed by atoms with E-state index < -0.39 is 0 Å². The maximum atomic E-state index is 12.5. The summed E-state index contributed by atoms with van der Waals surface area (Å²) < 4.78 is 0.